The van der Waals surface area contributed by atoms with Gasteiger partial charge in [-0.3, -0.25) is 4.79 Å². The lowest BCUT2D eigenvalue weighted by Crippen LogP contribution is -2.42. The third kappa shape index (κ3) is 3.64. The number of aromatic nitrogens is 2. The minimum atomic E-state index is -0.420. The quantitative estimate of drug-likeness (QED) is 0.844. The summed E-state index contributed by atoms with van der Waals surface area (Å²) in [7, 11) is 0. The Morgan fingerprint density at radius 3 is 3.00 bits per heavy atom. The van der Waals surface area contributed by atoms with Crippen LogP contribution in [0.15, 0.2) is 12.1 Å². The maximum atomic E-state index is 12.2. The van der Waals surface area contributed by atoms with Crippen molar-refractivity contribution in [1.29, 1.82) is 0 Å². The molecule has 6 nitrogen and oxygen atoms in total. The topological polar surface area (TPSA) is 78.4 Å². The second-order valence-electron chi connectivity index (χ2n) is 4.78. The minimum absolute atomic E-state index is 0.159. The van der Waals surface area contributed by atoms with Crippen molar-refractivity contribution in [2.45, 2.75) is 32.3 Å². The maximum Gasteiger partial charge on any atom is 0.274 e. The van der Waals surface area contributed by atoms with Crippen LogP contribution in [0.25, 0.3) is 0 Å². The highest BCUT2D eigenvalue weighted by Crippen LogP contribution is 2.13. The van der Waals surface area contributed by atoms with Crippen LogP contribution in [0, 0.1) is 0 Å². The third-order valence-corrected chi connectivity index (χ3v) is 3.12. The van der Waals surface area contributed by atoms with E-state index in [-0.39, 0.29) is 5.91 Å². The number of piperidine rings is 1. The number of anilines is 1. The number of aliphatic hydroxyl groups excluding tert-OH is 1. The molecule has 0 saturated carbocycles. The molecule has 1 saturated heterocycles. The number of rotatable bonds is 4. The third-order valence-electron chi connectivity index (χ3n) is 3.12. The summed E-state index contributed by atoms with van der Waals surface area (Å²) in [6.07, 6.45) is 2.18. The van der Waals surface area contributed by atoms with Crippen molar-refractivity contribution in [3.63, 3.8) is 0 Å². The summed E-state index contributed by atoms with van der Waals surface area (Å²) in [5.41, 5.74) is 0.330. The highest BCUT2D eigenvalue weighted by atomic mass is 16.3. The van der Waals surface area contributed by atoms with E-state index in [1.165, 1.54) is 0 Å². The van der Waals surface area contributed by atoms with E-state index in [4.69, 9.17) is 0 Å². The lowest BCUT2D eigenvalue weighted by molar-refractivity contribution is 0.0468. The van der Waals surface area contributed by atoms with E-state index in [1.807, 2.05) is 0 Å². The van der Waals surface area contributed by atoms with Crippen molar-refractivity contribution in [3.05, 3.63) is 17.8 Å². The van der Waals surface area contributed by atoms with E-state index in [2.05, 4.69) is 22.4 Å². The maximum absolute atomic E-state index is 12.2. The van der Waals surface area contributed by atoms with Gasteiger partial charge in [-0.15, -0.1) is 10.2 Å². The summed E-state index contributed by atoms with van der Waals surface area (Å²) in [6.45, 7) is 3.96. The van der Waals surface area contributed by atoms with Gasteiger partial charge in [0.05, 0.1) is 6.10 Å². The number of aliphatic hydroxyl groups is 1. The number of carbonyl (C=O) groups excluding carboxylic acids is 1. The summed E-state index contributed by atoms with van der Waals surface area (Å²) in [5, 5.41) is 20.6. The van der Waals surface area contributed by atoms with Crippen molar-refractivity contribution >= 4 is 11.7 Å². The second-order valence-corrected chi connectivity index (χ2v) is 4.78. The Morgan fingerprint density at radius 1 is 1.53 bits per heavy atom. The number of hydrogen-bond donors (Lipinski definition) is 2. The van der Waals surface area contributed by atoms with Gasteiger partial charge in [0.2, 0.25) is 0 Å². The van der Waals surface area contributed by atoms with Gasteiger partial charge in [0.25, 0.3) is 5.91 Å². The number of amides is 1. The van der Waals surface area contributed by atoms with E-state index >= 15 is 0 Å². The van der Waals surface area contributed by atoms with Crippen LogP contribution in [0.2, 0.25) is 0 Å². The molecule has 1 fully saturated rings. The summed E-state index contributed by atoms with van der Waals surface area (Å²) in [5.74, 6) is 0.519. The molecule has 0 radical (unpaired) electrons. The number of carbonyl (C=O) groups is 1. The van der Waals surface area contributed by atoms with Gasteiger partial charge < -0.3 is 15.3 Å². The van der Waals surface area contributed by atoms with Crippen LogP contribution in [0.1, 0.15) is 36.7 Å². The van der Waals surface area contributed by atoms with Crippen molar-refractivity contribution in [2.75, 3.05) is 25.0 Å². The summed E-state index contributed by atoms with van der Waals surface area (Å²) in [4.78, 5) is 13.8. The molecular formula is C13H20N4O2. The molecule has 0 aromatic carbocycles. The fraction of sp³-hybridized carbons (Fsp3) is 0.615. The standard InChI is InChI=1S/C13H20N4O2/c1-2-7-14-12-6-5-11(15-16-12)13(19)17-8-3-4-10(18)9-17/h5-6,10,18H,2-4,7-9H2,1H3,(H,14,16). The van der Waals surface area contributed by atoms with Crippen LogP contribution in [-0.4, -0.2) is 51.8 Å². The lowest BCUT2D eigenvalue weighted by Gasteiger charge is -2.29. The normalized spacial score (nSPS) is 19.3. The zero-order valence-corrected chi connectivity index (χ0v) is 11.2. The summed E-state index contributed by atoms with van der Waals surface area (Å²) < 4.78 is 0. The number of nitrogens with zero attached hydrogens (tertiary/aromatic N) is 3. The molecule has 19 heavy (non-hydrogen) atoms. The predicted octanol–water partition coefficient (Wildman–Crippen LogP) is 0.895. The van der Waals surface area contributed by atoms with E-state index in [1.54, 1.807) is 17.0 Å². The summed E-state index contributed by atoms with van der Waals surface area (Å²) in [6, 6.07) is 3.44. The first-order valence-corrected chi connectivity index (χ1v) is 6.75. The SMILES string of the molecule is CCCNc1ccc(C(=O)N2CCCC(O)C2)nn1. The first-order chi connectivity index (χ1) is 9.20. The molecular weight excluding hydrogens is 244 g/mol. The molecule has 1 aliphatic rings. The first kappa shape index (κ1) is 13.7. The largest absolute Gasteiger partial charge is 0.391 e. The fourth-order valence-electron chi connectivity index (χ4n) is 2.09. The Hall–Kier alpha value is -1.69. The molecule has 1 aromatic heterocycles. The molecule has 1 amide bonds. The number of likely N-dealkylation sites (tertiary alicyclic amines) is 1. The van der Waals surface area contributed by atoms with Crippen LogP contribution < -0.4 is 5.32 Å². The number of β-amino-alcohol motifs (C(OH)–C–C–N with tert-alkyl or cyclic N) is 1. The van der Waals surface area contributed by atoms with Crippen molar-refractivity contribution in [3.8, 4) is 0 Å². The van der Waals surface area contributed by atoms with Gasteiger partial charge in [0, 0.05) is 19.6 Å². The molecule has 104 valence electrons. The van der Waals surface area contributed by atoms with Crippen LogP contribution in [0.5, 0.6) is 0 Å². The average Bonchev–Trinajstić information content (AvgIpc) is 2.45. The Labute approximate surface area is 112 Å². The van der Waals surface area contributed by atoms with E-state index < -0.39 is 6.10 Å². The van der Waals surface area contributed by atoms with Gasteiger partial charge >= 0.3 is 0 Å². The average molecular weight is 264 g/mol. The fourth-order valence-corrected chi connectivity index (χ4v) is 2.09. The predicted molar refractivity (Wildman–Crippen MR) is 72.0 cm³/mol. The zero-order valence-electron chi connectivity index (χ0n) is 11.2. The zero-order chi connectivity index (χ0) is 13.7. The molecule has 1 atom stereocenters. The van der Waals surface area contributed by atoms with Crippen LogP contribution >= 0.6 is 0 Å². The molecule has 0 aliphatic carbocycles. The molecule has 0 spiro atoms. The Balaban J connectivity index is 1.98. The Kier molecular flexibility index (Phi) is 4.68. The number of nitrogens with one attached hydrogen (secondary N) is 1. The van der Waals surface area contributed by atoms with Crippen LogP contribution in [-0.2, 0) is 0 Å². The van der Waals surface area contributed by atoms with Crippen molar-refractivity contribution in [2.24, 2.45) is 0 Å². The lowest BCUT2D eigenvalue weighted by atomic mass is 10.1. The highest BCUT2D eigenvalue weighted by molar-refractivity contribution is 5.92. The second kappa shape index (κ2) is 6.47. The molecule has 2 heterocycles. The molecule has 6 heteroatoms. The highest BCUT2D eigenvalue weighted by Gasteiger charge is 2.23. The molecule has 1 unspecified atom stereocenters. The van der Waals surface area contributed by atoms with Gasteiger partial charge in [-0.1, -0.05) is 6.92 Å². The molecule has 2 N–H and O–H groups in total. The Bertz CT molecular complexity index is 421. The number of hydrogen-bond acceptors (Lipinski definition) is 5. The van der Waals surface area contributed by atoms with Gasteiger partial charge in [0.15, 0.2) is 5.69 Å². The monoisotopic (exact) mass is 264 g/mol. The van der Waals surface area contributed by atoms with Crippen LogP contribution in [0.4, 0.5) is 5.82 Å². The summed E-state index contributed by atoms with van der Waals surface area (Å²) >= 11 is 0. The van der Waals surface area contributed by atoms with Crippen molar-refractivity contribution in [1.82, 2.24) is 15.1 Å². The first-order valence-electron chi connectivity index (χ1n) is 6.75. The van der Waals surface area contributed by atoms with Gasteiger partial charge in [0.1, 0.15) is 5.82 Å². The molecule has 2 rings (SSSR count). The van der Waals surface area contributed by atoms with Gasteiger partial charge in [-0.2, -0.15) is 0 Å². The molecule has 1 aliphatic heterocycles. The smallest absolute Gasteiger partial charge is 0.274 e. The van der Waals surface area contributed by atoms with Crippen molar-refractivity contribution < 1.29 is 9.90 Å². The Morgan fingerprint density at radius 2 is 2.37 bits per heavy atom. The van der Waals surface area contributed by atoms with Gasteiger partial charge in [-0.05, 0) is 31.4 Å². The van der Waals surface area contributed by atoms with Gasteiger partial charge in [-0.25, -0.2) is 0 Å². The molecule has 1 aromatic rings. The van der Waals surface area contributed by atoms with E-state index in [0.717, 1.165) is 25.8 Å². The minimum Gasteiger partial charge on any atom is -0.391 e. The van der Waals surface area contributed by atoms with Crippen LogP contribution in [0.3, 0.4) is 0 Å². The molecule has 0 bridgehead atoms. The van der Waals surface area contributed by atoms with E-state index in [9.17, 15) is 9.90 Å². The van der Waals surface area contributed by atoms with E-state index in [0.29, 0.717) is 24.6 Å².